The van der Waals surface area contributed by atoms with Crippen LogP contribution >= 0.6 is 0 Å². The molecular formula is C15H23F2N3O. The summed E-state index contributed by atoms with van der Waals surface area (Å²) in [6, 6.07) is 6.96. The molecule has 0 heterocycles. The summed E-state index contributed by atoms with van der Waals surface area (Å²) in [4.78, 5) is 4.12. The average Bonchev–Trinajstić information content (AvgIpc) is 2.43. The molecular weight excluding hydrogens is 276 g/mol. The van der Waals surface area contributed by atoms with Crippen molar-refractivity contribution in [3.63, 3.8) is 0 Å². The number of ether oxygens (including phenoxy) is 1. The molecule has 0 saturated heterocycles. The lowest BCUT2D eigenvalue weighted by Crippen LogP contribution is -2.43. The summed E-state index contributed by atoms with van der Waals surface area (Å²) in [5.74, 6) is 1.26. The number of hydrogen-bond acceptors (Lipinski definition) is 2. The van der Waals surface area contributed by atoms with Gasteiger partial charge >= 0.3 is 6.61 Å². The third-order valence-corrected chi connectivity index (χ3v) is 3.22. The van der Waals surface area contributed by atoms with Crippen molar-refractivity contribution in [3.05, 3.63) is 29.8 Å². The molecule has 0 saturated carbocycles. The topological polar surface area (TPSA) is 45.7 Å². The van der Waals surface area contributed by atoms with Crippen molar-refractivity contribution in [2.45, 2.75) is 40.0 Å². The standard InChI is InChI=1S/C15H23F2N3O/c1-10(2)11(3)20-15(18-4)19-9-12-7-5-6-8-13(12)21-14(16)17/h5-8,10-11,14H,9H2,1-4H3,(H2,18,19,20). The van der Waals surface area contributed by atoms with Crippen LogP contribution in [0, 0.1) is 5.92 Å². The number of aliphatic imine (C=N–C) groups is 1. The number of guanidine groups is 1. The van der Waals surface area contributed by atoms with Gasteiger partial charge in [-0.05, 0) is 18.9 Å². The Bertz CT molecular complexity index is 464. The van der Waals surface area contributed by atoms with E-state index in [2.05, 4.69) is 41.1 Å². The Hall–Kier alpha value is -1.85. The van der Waals surface area contributed by atoms with E-state index < -0.39 is 6.61 Å². The molecule has 0 aliphatic carbocycles. The molecule has 0 fully saturated rings. The molecule has 6 heteroatoms. The Morgan fingerprint density at radius 2 is 1.90 bits per heavy atom. The smallest absolute Gasteiger partial charge is 0.387 e. The predicted octanol–water partition coefficient (Wildman–Crippen LogP) is 3.00. The molecule has 1 aromatic rings. The fourth-order valence-electron chi connectivity index (χ4n) is 1.62. The van der Waals surface area contributed by atoms with Gasteiger partial charge in [0.1, 0.15) is 5.75 Å². The Kier molecular flexibility index (Phi) is 6.91. The van der Waals surface area contributed by atoms with Crippen LogP contribution < -0.4 is 15.4 Å². The van der Waals surface area contributed by atoms with Crippen molar-refractivity contribution in [1.29, 1.82) is 0 Å². The van der Waals surface area contributed by atoms with E-state index in [-0.39, 0.29) is 11.8 Å². The zero-order chi connectivity index (χ0) is 15.8. The molecule has 0 bridgehead atoms. The minimum Gasteiger partial charge on any atom is -0.434 e. The summed E-state index contributed by atoms with van der Waals surface area (Å²) in [6.07, 6.45) is 0. The van der Waals surface area contributed by atoms with Gasteiger partial charge in [-0.3, -0.25) is 4.99 Å². The molecule has 21 heavy (non-hydrogen) atoms. The first-order chi connectivity index (χ1) is 9.93. The van der Waals surface area contributed by atoms with Crippen LogP contribution in [0.1, 0.15) is 26.3 Å². The van der Waals surface area contributed by atoms with E-state index in [1.54, 1.807) is 25.2 Å². The van der Waals surface area contributed by atoms with Gasteiger partial charge in [-0.1, -0.05) is 32.0 Å². The summed E-state index contributed by atoms with van der Waals surface area (Å²) in [6.45, 7) is 3.80. The fourth-order valence-corrected chi connectivity index (χ4v) is 1.62. The van der Waals surface area contributed by atoms with Crippen molar-refractivity contribution in [2.75, 3.05) is 7.05 Å². The van der Waals surface area contributed by atoms with E-state index in [0.29, 0.717) is 24.0 Å². The highest BCUT2D eigenvalue weighted by atomic mass is 19.3. The normalized spacial score (nSPS) is 13.4. The van der Waals surface area contributed by atoms with Crippen LogP contribution in [0.5, 0.6) is 5.75 Å². The maximum atomic E-state index is 12.3. The first-order valence-electron chi connectivity index (χ1n) is 6.94. The third-order valence-electron chi connectivity index (χ3n) is 3.22. The Labute approximate surface area is 124 Å². The first kappa shape index (κ1) is 17.2. The van der Waals surface area contributed by atoms with Crippen LogP contribution in [0.25, 0.3) is 0 Å². The summed E-state index contributed by atoms with van der Waals surface area (Å²) >= 11 is 0. The predicted molar refractivity (Wildman–Crippen MR) is 80.7 cm³/mol. The highest BCUT2D eigenvalue weighted by Gasteiger charge is 2.11. The molecule has 4 nitrogen and oxygen atoms in total. The Morgan fingerprint density at radius 3 is 2.48 bits per heavy atom. The van der Waals surface area contributed by atoms with Gasteiger partial charge in [-0.25, -0.2) is 0 Å². The minimum absolute atomic E-state index is 0.173. The second-order valence-electron chi connectivity index (χ2n) is 5.09. The van der Waals surface area contributed by atoms with Crippen LogP contribution in [-0.4, -0.2) is 25.7 Å². The second-order valence-corrected chi connectivity index (χ2v) is 5.09. The van der Waals surface area contributed by atoms with E-state index in [1.807, 2.05) is 0 Å². The summed E-state index contributed by atoms with van der Waals surface area (Å²) in [7, 11) is 1.67. The number of alkyl halides is 2. The summed E-state index contributed by atoms with van der Waals surface area (Å²) in [5, 5.41) is 6.35. The van der Waals surface area contributed by atoms with E-state index in [1.165, 1.54) is 6.07 Å². The molecule has 0 aliphatic heterocycles. The molecule has 0 aromatic heterocycles. The number of para-hydroxylation sites is 1. The lowest BCUT2D eigenvalue weighted by atomic mass is 10.1. The molecule has 0 aliphatic rings. The fraction of sp³-hybridized carbons (Fsp3) is 0.533. The van der Waals surface area contributed by atoms with Gasteiger partial charge in [0.25, 0.3) is 0 Å². The average molecular weight is 299 g/mol. The molecule has 1 unspecified atom stereocenters. The number of nitrogens with one attached hydrogen (secondary N) is 2. The van der Waals surface area contributed by atoms with Gasteiger partial charge in [0.2, 0.25) is 0 Å². The van der Waals surface area contributed by atoms with Crippen LogP contribution in [-0.2, 0) is 6.54 Å². The van der Waals surface area contributed by atoms with Crippen molar-refractivity contribution in [3.8, 4) is 5.75 Å². The highest BCUT2D eigenvalue weighted by molar-refractivity contribution is 5.80. The van der Waals surface area contributed by atoms with Crippen LogP contribution in [0.3, 0.4) is 0 Å². The Balaban J connectivity index is 2.65. The number of nitrogens with zero attached hydrogens (tertiary/aromatic N) is 1. The maximum Gasteiger partial charge on any atom is 0.387 e. The number of rotatable bonds is 6. The van der Waals surface area contributed by atoms with E-state index in [0.717, 1.165) is 0 Å². The van der Waals surface area contributed by atoms with Crippen LogP contribution in [0.15, 0.2) is 29.3 Å². The third kappa shape index (κ3) is 5.97. The molecule has 2 N–H and O–H groups in total. The molecule has 1 rings (SSSR count). The zero-order valence-electron chi connectivity index (χ0n) is 12.9. The van der Waals surface area contributed by atoms with Gasteiger partial charge < -0.3 is 15.4 Å². The monoisotopic (exact) mass is 299 g/mol. The van der Waals surface area contributed by atoms with Gasteiger partial charge in [-0.15, -0.1) is 0 Å². The Morgan fingerprint density at radius 1 is 1.24 bits per heavy atom. The van der Waals surface area contributed by atoms with Crippen molar-refractivity contribution in [2.24, 2.45) is 10.9 Å². The molecule has 0 radical (unpaired) electrons. The van der Waals surface area contributed by atoms with E-state index >= 15 is 0 Å². The molecule has 1 atom stereocenters. The lowest BCUT2D eigenvalue weighted by Gasteiger charge is -2.21. The van der Waals surface area contributed by atoms with Gasteiger partial charge in [0, 0.05) is 25.2 Å². The second kappa shape index (κ2) is 8.44. The molecule has 1 aromatic carbocycles. The first-order valence-corrected chi connectivity index (χ1v) is 6.94. The van der Waals surface area contributed by atoms with Gasteiger partial charge in [0.15, 0.2) is 5.96 Å². The van der Waals surface area contributed by atoms with Gasteiger partial charge in [0.05, 0.1) is 0 Å². The lowest BCUT2D eigenvalue weighted by molar-refractivity contribution is -0.0504. The maximum absolute atomic E-state index is 12.3. The van der Waals surface area contributed by atoms with E-state index in [9.17, 15) is 8.78 Å². The number of benzene rings is 1. The minimum atomic E-state index is -2.83. The van der Waals surface area contributed by atoms with Crippen LogP contribution in [0.2, 0.25) is 0 Å². The summed E-state index contributed by atoms with van der Waals surface area (Å²) in [5.41, 5.74) is 0.651. The van der Waals surface area contributed by atoms with E-state index in [4.69, 9.17) is 0 Å². The largest absolute Gasteiger partial charge is 0.434 e. The van der Waals surface area contributed by atoms with Crippen molar-refractivity contribution >= 4 is 5.96 Å². The highest BCUT2D eigenvalue weighted by Crippen LogP contribution is 2.19. The quantitative estimate of drug-likeness (QED) is 0.627. The van der Waals surface area contributed by atoms with Gasteiger partial charge in [-0.2, -0.15) is 8.78 Å². The number of halogens is 2. The summed E-state index contributed by atoms with van der Waals surface area (Å²) < 4.78 is 29.2. The SMILES string of the molecule is CN=C(NCc1ccccc1OC(F)F)NC(C)C(C)C. The van der Waals surface area contributed by atoms with Crippen LogP contribution in [0.4, 0.5) is 8.78 Å². The number of hydrogen-bond donors (Lipinski definition) is 2. The van der Waals surface area contributed by atoms with Crippen molar-refractivity contribution < 1.29 is 13.5 Å². The van der Waals surface area contributed by atoms with Crippen molar-refractivity contribution in [1.82, 2.24) is 10.6 Å². The molecule has 118 valence electrons. The molecule has 0 spiro atoms. The molecule has 0 amide bonds. The zero-order valence-corrected chi connectivity index (χ0v) is 12.9.